The number of rotatable bonds is 8. The molecule has 1 aromatic heterocycles. The van der Waals surface area contributed by atoms with Crippen molar-refractivity contribution in [2.45, 2.75) is 12.5 Å². The molecular formula is C26H24ClFN2O3S. The molecule has 3 aromatic rings. The van der Waals surface area contributed by atoms with Gasteiger partial charge in [0.1, 0.15) is 24.7 Å². The first kappa shape index (κ1) is 24.0. The summed E-state index contributed by atoms with van der Waals surface area (Å²) in [6.45, 7) is 4.40. The minimum atomic E-state index is -0.621. The molecule has 0 aliphatic carbocycles. The van der Waals surface area contributed by atoms with Gasteiger partial charge in [-0.15, -0.1) is 17.9 Å². The number of hydrogen-bond donors (Lipinski definition) is 0. The molecule has 2 heterocycles. The molecule has 0 saturated heterocycles. The second-order valence-electron chi connectivity index (χ2n) is 7.87. The summed E-state index contributed by atoms with van der Waals surface area (Å²) in [6.07, 6.45) is 2.26. The van der Waals surface area contributed by atoms with Crippen molar-refractivity contribution < 1.29 is 18.7 Å². The topological polar surface area (TPSA) is 49.9 Å². The fourth-order valence-electron chi connectivity index (χ4n) is 4.01. The molecule has 0 radical (unpaired) electrons. The first-order valence-corrected chi connectivity index (χ1v) is 12.1. The van der Waals surface area contributed by atoms with Crippen LogP contribution in [0.15, 0.2) is 72.6 Å². The summed E-state index contributed by atoms with van der Waals surface area (Å²) in [5, 5.41) is 2.63. The van der Waals surface area contributed by atoms with Crippen LogP contribution < -0.4 is 4.74 Å². The number of carbonyl (C=O) groups is 2. The lowest BCUT2D eigenvalue weighted by atomic mass is 10.0. The van der Waals surface area contributed by atoms with Crippen LogP contribution in [0.3, 0.4) is 0 Å². The molecule has 1 atom stereocenters. The predicted molar refractivity (Wildman–Crippen MR) is 132 cm³/mol. The van der Waals surface area contributed by atoms with Gasteiger partial charge in [-0.1, -0.05) is 29.8 Å². The number of benzene rings is 2. The molecular weight excluding hydrogens is 475 g/mol. The van der Waals surface area contributed by atoms with Gasteiger partial charge in [0.25, 0.3) is 5.91 Å². The monoisotopic (exact) mass is 498 g/mol. The Hall–Kier alpha value is -3.16. The highest BCUT2D eigenvalue weighted by Gasteiger charge is 2.33. The summed E-state index contributed by atoms with van der Waals surface area (Å²) >= 11 is 7.62. The number of ether oxygens (including phenoxy) is 1. The standard InChI is InChI=1S/C26H24ClFN2O3S/c1-2-13-29(26(32)20-5-3-4-6-22(20)28)16-25(31)30-14-11-24-21(12-15-34-24)23(30)17-33-19-9-7-18(27)8-10-19/h2-10,12,15,23H,1,11,13-14,16-17H2/t23-/m1/s1. The van der Waals surface area contributed by atoms with Gasteiger partial charge in [-0.3, -0.25) is 9.59 Å². The highest BCUT2D eigenvalue weighted by molar-refractivity contribution is 7.10. The van der Waals surface area contributed by atoms with Gasteiger partial charge >= 0.3 is 0 Å². The van der Waals surface area contributed by atoms with Crippen LogP contribution in [0.25, 0.3) is 0 Å². The summed E-state index contributed by atoms with van der Waals surface area (Å²) in [5.41, 5.74) is 0.979. The third kappa shape index (κ3) is 5.32. The van der Waals surface area contributed by atoms with Gasteiger partial charge in [-0.05, 0) is 59.8 Å². The van der Waals surface area contributed by atoms with Gasteiger partial charge < -0.3 is 14.5 Å². The van der Waals surface area contributed by atoms with Gasteiger partial charge in [0.2, 0.25) is 5.91 Å². The number of hydrogen-bond acceptors (Lipinski definition) is 4. The zero-order valence-electron chi connectivity index (χ0n) is 18.5. The van der Waals surface area contributed by atoms with Crippen LogP contribution in [-0.2, 0) is 11.2 Å². The van der Waals surface area contributed by atoms with E-state index in [-0.39, 0.29) is 37.2 Å². The number of thiophene rings is 1. The number of nitrogens with zero attached hydrogens (tertiary/aromatic N) is 2. The molecule has 0 bridgehead atoms. The van der Waals surface area contributed by atoms with E-state index in [0.29, 0.717) is 17.3 Å². The first-order chi connectivity index (χ1) is 16.5. The van der Waals surface area contributed by atoms with Crippen molar-refractivity contribution in [1.29, 1.82) is 0 Å². The van der Waals surface area contributed by atoms with Crippen LogP contribution in [0.1, 0.15) is 26.8 Å². The average molecular weight is 499 g/mol. The Bertz CT molecular complexity index is 1180. The lowest BCUT2D eigenvalue weighted by molar-refractivity contribution is -0.135. The molecule has 1 aliphatic rings. The summed E-state index contributed by atoms with van der Waals surface area (Å²) in [6, 6.07) is 14.5. The Balaban J connectivity index is 1.53. The number of fused-ring (bicyclic) bond motifs is 1. The summed E-state index contributed by atoms with van der Waals surface area (Å²) in [4.78, 5) is 30.7. The highest BCUT2D eigenvalue weighted by Crippen LogP contribution is 2.34. The van der Waals surface area contributed by atoms with Crippen molar-refractivity contribution in [3.05, 3.63) is 99.5 Å². The van der Waals surface area contributed by atoms with Crippen molar-refractivity contribution in [3.63, 3.8) is 0 Å². The normalized spacial score (nSPS) is 14.9. The summed E-state index contributed by atoms with van der Waals surface area (Å²) < 4.78 is 20.2. The average Bonchev–Trinajstić information content (AvgIpc) is 3.32. The number of amides is 2. The lowest BCUT2D eigenvalue weighted by Gasteiger charge is -2.37. The van der Waals surface area contributed by atoms with Gasteiger partial charge in [-0.25, -0.2) is 4.39 Å². The van der Waals surface area contributed by atoms with Gasteiger partial charge in [0.15, 0.2) is 0 Å². The van der Waals surface area contributed by atoms with Gasteiger partial charge in [0.05, 0.1) is 11.6 Å². The van der Waals surface area contributed by atoms with E-state index in [1.165, 1.54) is 34.1 Å². The van der Waals surface area contributed by atoms with Crippen LogP contribution in [0.4, 0.5) is 4.39 Å². The molecule has 5 nitrogen and oxygen atoms in total. The van der Waals surface area contributed by atoms with E-state index in [9.17, 15) is 14.0 Å². The zero-order valence-corrected chi connectivity index (χ0v) is 20.0. The fourth-order valence-corrected chi connectivity index (χ4v) is 5.07. The molecule has 0 unspecified atom stereocenters. The molecule has 0 saturated carbocycles. The first-order valence-electron chi connectivity index (χ1n) is 10.9. The number of halogens is 2. The van der Waals surface area contributed by atoms with Crippen molar-refractivity contribution in [2.75, 3.05) is 26.2 Å². The van der Waals surface area contributed by atoms with Crippen LogP contribution in [-0.4, -0.2) is 47.9 Å². The number of carbonyl (C=O) groups excluding carboxylic acids is 2. The Morgan fingerprint density at radius 1 is 1.21 bits per heavy atom. The van der Waals surface area contributed by atoms with E-state index >= 15 is 0 Å². The molecule has 2 aromatic carbocycles. The second kappa shape index (κ2) is 10.8. The molecule has 8 heteroatoms. The van der Waals surface area contributed by atoms with E-state index in [2.05, 4.69) is 6.58 Å². The molecule has 0 spiro atoms. The highest BCUT2D eigenvalue weighted by atomic mass is 35.5. The molecule has 34 heavy (non-hydrogen) atoms. The molecule has 1 aliphatic heterocycles. The molecule has 0 N–H and O–H groups in total. The maximum atomic E-state index is 14.2. The third-order valence-corrected chi connectivity index (χ3v) is 6.95. The van der Waals surface area contributed by atoms with E-state index in [4.69, 9.17) is 16.3 Å². The Morgan fingerprint density at radius 3 is 2.71 bits per heavy atom. The summed E-state index contributed by atoms with van der Waals surface area (Å²) in [5.74, 6) is -0.743. The largest absolute Gasteiger partial charge is 0.491 e. The quantitative estimate of drug-likeness (QED) is 0.392. The van der Waals surface area contributed by atoms with Crippen molar-refractivity contribution in [2.24, 2.45) is 0 Å². The zero-order chi connectivity index (χ0) is 24.1. The van der Waals surface area contributed by atoms with Crippen LogP contribution in [0, 0.1) is 5.82 Å². The molecule has 4 rings (SSSR count). The van der Waals surface area contributed by atoms with Gasteiger partial charge in [-0.2, -0.15) is 0 Å². The third-order valence-electron chi connectivity index (χ3n) is 5.70. The predicted octanol–water partition coefficient (Wildman–Crippen LogP) is 5.37. The Labute approximate surface area is 207 Å². The van der Waals surface area contributed by atoms with E-state index in [0.717, 1.165) is 12.0 Å². The lowest BCUT2D eigenvalue weighted by Crippen LogP contribution is -2.48. The van der Waals surface area contributed by atoms with E-state index in [1.807, 2.05) is 11.4 Å². The fraction of sp³-hybridized carbons (Fsp3) is 0.231. The van der Waals surface area contributed by atoms with Crippen LogP contribution >= 0.6 is 22.9 Å². The second-order valence-corrected chi connectivity index (χ2v) is 9.31. The van der Waals surface area contributed by atoms with Crippen molar-refractivity contribution in [1.82, 2.24) is 9.80 Å². The van der Waals surface area contributed by atoms with Crippen LogP contribution in [0.2, 0.25) is 5.02 Å². The maximum absolute atomic E-state index is 14.2. The van der Waals surface area contributed by atoms with Crippen molar-refractivity contribution >= 4 is 34.8 Å². The molecule has 176 valence electrons. The smallest absolute Gasteiger partial charge is 0.257 e. The maximum Gasteiger partial charge on any atom is 0.257 e. The summed E-state index contributed by atoms with van der Waals surface area (Å²) in [7, 11) is 0. The van der Waals surface area contributed by atoms with Crippen LogP contribution in [0.5, 0.6) is 5.75 Å². The van der Waals surface area contributed by atoms with Gasteiger partial charge in [0, 0.05) is 23.0 Å². The van der Waals surface area contributed by atoms with E-state index < -0.39 is 11.7 Å². The minimum Gasteiger partial charge on any atom is -0.491 e. The SMILES string of the molecule is C=CCN(CC(=O)N1CCc2sccc2[C@H]1COc1ccc(Cl)cc1)C(=O)c1ccccc1F. The molecule has 2 amide bonds. The van der Waals surface area contributed by atoms with Crippen molar-refractivity contribution in [3.8, 4) is 5.75 Å². The minimum absolute atomic E-state index is 0.0708. The van der Waals surface area contributed by atoms with E-state index in [1.54, 1.807) is 46.6 Å². The Kier molecular flexibility index (Phi) is 7.65. The Morgan fingerprint density at radius 2 is 1.97 bits per heavy atom. The molecule has 0 fully saturated rings.